The van der Waals surface area contributed by atoms with E-state index < -0.39 is 31.0 Å². The van der Waals surface area contributed by atoms with E-state index in [1.165, 1.54) is 4.90 Å². The van der Waals surface area contributed by atoms with Gasteiger partial charge in [0.2, 0.25) is 5.69 Å². The van der Waals surface area contributed by atoms with Gasteiger partial charge in [0, 0.05) is 0 Å². The molecule has 2 saturated heterocycles. The molecule has 0 aliphatic carbocycles. The van der Waals surface area contributed by atoms with Gasteiger partial charge in [-0.1, -0.05) is 26.6 Å². The van der Waals surface area contributed by atoms with E-state index >= 15 is 0 Å². The minimum Gasteiger partial charge on any atom is -0.361 e. The summed E-state index contributed by atoms with van der Waals surface area (Å²) in [6, 6.07) is 8.44. The number of carbonyl (C=O) groups is 2. The van der Waals surface area contributed by atoms with Crippen LogP contribution < -0.4 is 4.90 Å². The molecule has 3 aliphatic heterocycles. The molecule has 0 spiro atoms. The van der Waals surface area contributed by atoms with Crippen molar-refractivity contribution in [2.75, 3.05) is 4.90 Å². The average molecular weight is 424 g/mol. The lowest BCUT2D eigenvalue weighted by Crippen LogP contribution is -2.29. The SMILES string of the molecule is [C-]#[N+]c1ccp(C2OC(CC)C3OC(C)(C)OC32)c1N1C(=O)c2ccccc2C1=O. The van der Waals surface area contributed by atoms with Crippen molar-refractivity contribution in [1.82, 2.24) is 0 Å². The van der Waals surface area contributed by atoms with Gasteiger partial charge in [-0.05, 0) is 44.3 Å². The Morgan fingerprint density at radius 1 is 1.10 bits per heavy atom. The highest BCUT2D eigenvalue weighted by Crippen LogP contribution is 2.63. The number of imide groups is 1. The normalized spacial score (nSPS) is 29.8. The number of hydrogen-bond acceptors (Lipinski definition) is 5. The highest BCUT2D eigenvalue weighted by Gasteiger charge is 2.56. The van der Waals surface area contributed by atoms with Crippen LogP contribution in [0.2, 0.25) is 0 Å². The third-order valence-corrected chi connectivity index (χ3v) is 8.15. The Bertz CT molecular complexity index is 1070. The Labute approximate surface area is 175 Å². The molecule has 2 fully saturated rings. The first-order valence-electron chi connectivity index (χ1n) is 9.93. The molecule has 0 bridgehead atoms. The van der Waals surface area contributed by atoms with Crippen molar-refractivity contribution >= 4 is 30.5 Å². The smallest absolute Gasteiger partial charge is 0.265 e. The molecule has 7 nitrogen and oxygen atoms in total. The zero-order valence-corrected chi connectivity index (χ0v) is 17.8. The molecule has 0 saturated carbocycles. The van der Waals surface area contributed by atoms with E-state index in [9.17, 15) is 9.59 Å². The molecule has 1 aromatic heterocycles. The van der Waals surface area contributed by atoms with E-state index in [1.807, 2.05) is 26.6 Å². The van der Waals surface area contributed by atoms with Crippen LogP contribution in [0.1, 0.15) is 53.8 Å². The molecule has 4 heterocycles. The van der Waals surface area contributed by atoms with Crippen molar-refractivity contribution in [2.24, 2.45) is 0 Å². The highest BCUT2D eigenvalue weighted by atomic mass is 31.1. The third kappa shape index (κ3) is 2.69. The van der Waals surface area contributed by atoms with E-state index in [-0.39, 0.29) is 18.3 Å². The fourth-order valence-electron chi connectivity index (χ4n) is 4.54. The summed E-state index contributed by atoms with van der Waals surface area (Å²) in [7, 11) is -1.28. The summed E-state index contributed by atoms with van der Waals surface area (Å²) < 4.78 is 18.6. The van der Waals surface area contributed by atoms with Crippen LogP contribution in [0.15, 0.2) is 36.1 Å². The monoisotopic (exact) mass is 424 g/mol. The van der Waals surface area contributed by atoms with Crippen molar-refractivity contribution in [3.8, 4) is 0 Å². The van der Waals surface area contributed by atoms with E-state index in [4.69, 9.17) is 20.8 Å². The Balaban J connectivity index is 1.60. The van der Waals surface area contributed by atoms with Crippen LogP contribution in [-0.2, 0) is 14.2 Å². The molecular formula is C22H21N2O5P. The highest BCUT2D eigenvalue weighted by molar-refractivity contribution is 7.54. The molecule has 3 aliphatic rings. The molecule has 154 valence electrons. The van der Waals surface area contributed by atoms with Crippen molar-refractivity contribution in [3.63, 3.8) is 0 Å². The molecule has 2 aromatic rings. The maximum Gasteiger partial charge on any atom is 0.265 e. The number of benzene rings is 1. The molecular weight excluding hydrogens is 403 g/mol. The summed E-state index contributed by atoms with van der Waals surface area (Å²) in [6.07, 6.45) is 0.0755. The Kier molecular flexibility index (Phi) is 4.39. The second-order valence-corrected chi connectivity index (χ2v) is 10.1. The molecule has 5 unspecified atom stereocenters. The Morgan fingerprint density at radius 2 is 1.73 bits per heavy atom. The van der Waals surface area contributed by atoms with E-state index in [2.05, 4.69) is 4.85 Å². The number of fused-ring (bicyclic) bond motifs is 2. The summed E-state index contributed by atoms with van der Waals surface area (Å²) in [5.41, 5.74) is 1.45. The number of anilines is 1. The first kappa shape index (κ1) is 19.5. The van der Waals surface area contributed by atoms with Crippen molar-refractivity contribution in [1.29, 1.82) is 0 Å². The molecule has 0 radical (unpaired) electrons. The first-order chi connectivity index (χ1) is 14.4. The lowest BCUT2D eigenvalue weighted by Gasteiger charge is -2.26. The maximum absolute atomic E-state index is 13.1. The van der Waals surface area contributed by atoms with Gasteiger partial charge in [-0.15, -0.1) is 0 Å². The first-order valence-corrected chi connectivity index (χ1v) is 11.4. The van der Waals surface area contributed by atoms with Crippen LogP contribution in [0.25, 0.3) is 4.85 Å². The lowest BCUT2D eigenvalue weighted by atomic mass is 10.1. The number of carbonyl (C=O) groups excluding carboxylic acids is 2. The standard InChI is InChI=1S/C22H21N2O5P/c1-5-15-16-17(29-22(2,3)28-16)21(27-15)30-11-10-14(23-4)20(30)24-18(25)12-8-6-7-9-13(12)19(24)26/h6-11,15-17,21H,5H2,1-3H3. The van der Waals surface area contributed by atoms with Crippen LogP contribution in [0, 0.1) is 6.57 Å². The lowest BCUT2D eigenvalue weighted by molar-refractivity contribution is -0.182. The van der Waals surface area contributed by atoms with Crippen molar-refractivity contribution in [2.45, 2.75) is 57.1 Å². The molecule has 0 N–H and O–H groups in total. The molecule has 5 rings (SSSR count). The largest absolute Gasteiger partial charge is 0.361 e. The van der Waals surface area contributed by atoms with Crippen LogP contribution in [0.5, 0.6) is 0 Å². The van der Waals surface area contributed by atoms with E-state index in [1.54, 1.807) is 30.3 Å². The number of hydrogen-bond donors (Lipinski definition) is 0. The van der Waals surface area contributed by atoms with Gasteiger partial charge in [0.05, 0.1) is 29.2 Å². The van der Waals surface area contributed by atoms with Crippen molar-refractivity contribution in [3.05, 3.63) is 58.7 Å². The van der Waals surface area contributed by atoms with E-state index in [0.717, 1.165) is 6.42 Å². The van der Waals surface area contributed by atoms with Gasteiger partial charge in [0.1, 0.15) is 18.1 Å². The van der Waals surface area contributed by atoms with Gasteiger partial charge in [-0.3, -0.25) is 9.59 Å². The van der Waals surface area contributed by atoms with Crippen LogP contribution in [-0.4, -0.2) is 35.9 Å². The summed E-state index contributed by atoms with van der Waals surface area (Å²) >= 11 is 0. The topological polar surface area (TPSA) is 69.4 Å². The second-order valence-electron chi connectivity index (χ2n) is 8.07. The fraction of sp³-hybridized carbons (Fsp3) is 0.409. The third-order valence-electron chi connectivity index (χ3n) is 5.79. The quantitative estimate of drug-likeness (QED) is 0.520. The Hall–Kier alpha value is -2.49. The van der Waals surface area contributed by atoms with Gasteiger partial charge in [-0.25, -0.2) is 9.74 Å². The second kappa shape index (κ2) is 6.76. The minimum atomic E-state index is -1.28. The summed E-state index contributed by atoms with van der Waals surface area (Å²) in [5.74, 6) is -0.0183. The summed E-state index contributed by atoms with van der Waals surface area (Å²) in [6.45, 7) is 13.4. The van der Waals surface area contributed by atoms with Gasteiger partial charge in [0.25, 0.3) is 11.8 Å². The predicted molar refractivity (Wildman–Crippen MR) is 111 cm³/mol. The minimum absolute atomic E-state index is 0.141. The number of amides is 2. The molecule has 8 heteroatoms. The van der Waals surface area contributed by atoms with Crippen LogP contribution >= 0.6 is 7.53 Å². The van der Waals surface area contributed by atoms with Crippen LogP contribution in [0.4, 0.5) is 11.1 Å². The van der Waals surface area contributed by atoms with Gasteiger partial charge >= 0.3 is 0 Å². The van der Waals surface area contributed by atoms with E-state index in [0.29, 0.717) is 22.2 Å². The summed E-state index contributed by atoms with van der Waals surface area (Å²) in [5, 5.41) is 0. The average Bonchev–Trinajstić information content (AvgIpc) is 3.42. The zero-order chi connectivity index (χ0) is 21.2. The maximum atomic E-state index is 13.1. The molecule has 2 amide bonds. The van der Waals surface area contributed by atoms with Gasteiger partial charge in [-0.2, -0.15) is 0 Å². The molecule has 5 atom stereocenters. The molecule has 30 heavy (non-hydrogen) atoms. The predicted octanol–water partition coefficient (Wildman–Crippen LogP) is 4.85. The van der Waals surface area contributed by atoms with Crippen molar-refractivity contribution < 1.29 is 23.8 Å². The fourth-order valence-corrected chi connectivity index (χ4v) is 7.03. The molecule has 1 aromatic carbocycles. The van der Waals surface area contributed by atoms with Gasteiger partial charge < -0.3 is 14.2 Å². The Morgan fingerprint density at radius 3 is 2.33 bits per heavy atom. The summed E-state index contributed by atoms with van der Waals surface area (Å²) in [4.78, 5) is 31.0. The van der Waals surface area contributed by atoms with Gasteiger partial charge in [0.15, 0.2) is 5.79 Å². The number of ether oxygens (including phenoxy) is 3. The number of rotatable bonds is 3. The van der Waals surface area contributed by atoms with Crippen LogP contribution in [0.3, 0.4) is 0 Å². The zero-order valence-electron chi connectivity index (χ0n) is 16.9. The number of nitrogens with zero attached hydrogens (tertiary/aromatic N) is 2.